The number of guanidine groups is 1. The van der Waals surface area contributed by atoms with Crippen LogP contribution in [0.2, 0.25) is 0 Å². The predicted molar refractivity (Wildman–Crippen MR) is 106 cm³/mol. The second-order valence-electron chi connectivity index (χ2n) is 6.94. The van der Waals surface area contributed by atoms with Crippen molar-refractivity contribution in [3.05, 3.63) is 35.8 Å². The Morgan fingerprint density at radius 2 is 2.12 bits per heavy atom. The minimum Gasteiger partial charge on any atom is -0.361 e. The van der Waals surface area contributed by atoms with E-state index in [1.165, 1.54) is 43.6 Å². The van der Waals surface area contributed by atoms with Gasteiger partial charge in [0.1, 0.15) is 5.82 Å². The molecular weight excluding hydrogens is 329 g/mol. The Hall–Kier alpha value is -2.08. The monoisotopic (exact) mass is 359 g/mol. The van der Waals surface area contributed by atoms with E-state index in [0.29, 0.717) is 6.04 Å². The third-order valence-corrected chi connectivity index (χ3v) is 5.27. The minimum atomic E-state index is -0.211. The molecule has 1 saturated heterocycles. The maximum Gasteiger partial charge on any atom is 0.191 e. The van der Waals surface area contributed by atoms with Crippen molar-refractivity contribution < 1.29 is 4.39 Å². The Morgan fingerprint density at radius 3 is 2.85 bits per heavy atom. The van der Waals surface area contributed by atoms with Crippen LogP contribution < -0.4 is 10.6 Å². The normalized spacial score (nSPS) is 17.0. The molecule has 2 heterocycles. The first-order chi connectivity index (χ1) is 12.7. The lowest BCUT2D eigenvalue weighted by Crippen LogP contribution is -2.46. The summed E-state index contributed by atoms with van der Waals surface area (Å²) in [7, 11) is 1.81. The number of aromatic amines is 1. The molecule has 2 aromatic rings. The molecule has 1 aliphatic heterocycles. The Morgan fingerprint density at radius 1 is 1.31 bits per heavy atom. The molecule has 1 fully saturated rings. The van der Waals surface area contributed by atoms with Gasteiger partial charge in [0.05, 0.1) is 0 Å². The highest BCUT2D eigenvalue weighted by Gasteiger charge is 2.20. The van der Waals surface area contributed by atoms with E-state index in [9.17, 15) is 4.39 Å². The van der Waals surface area contributed by atoms with Crippen LogP contribution in [0.5, 0.6) is 0 Å². The zero-order chi connectivity index (χ0) is 18.4. The van der Waals surface area contributed by atoms with Gasteiger partial charge in [0.25, 0.3) is 0 Å². The summed E-state index contributed by atoms with van der Waals surface area (Å²) in [5.41, 5.74) is 2.03. The summed E-state index contributed by atoms with van der Waals surface area (Å²) in [6.07, 6.45) is 6.60. The fourth-order valence-electron chi connectivity index (χ4n) is 3.75. The number of H-pyrrole nitrogens is 1. The summed E-state index contributed by atoms with van der Waals surface area (Å²) < 4.78 is 13.3. The number of benzene rings is 1. The standard InChI is InChI=1S/C20H30FN5/c1-3-17(26-10-4-5-11-26)14-25-20(22-2)23-9-8-15-13-24-19-12-16(21)6-7-18(15)19/h6-7,12-13,17,24H,3-5,8-11,14H2,1-2H3,(H2,22,23,25). The van der Waals surface area contributed by atoms with Crippen molar-refractivity contribution >= 4 is 16.9 Å². The molecule has 26 heavy (non-hydrogen) atoms. The van der Waals surface area contributed by atoms with Gasteiger partial charge < -0.3 is 15.6 Å². The van der Waals surface area contributed by atoms with E-state index in [-0.39, 0.29) is 5.82 Å². The van der Waals surface area contributed by atoms with Gasteiger partial charge in [-0.1, -0.05) is 6.92 Å². The van der Waals surface area contributed by atoms with Crippen LogP contribution in [0.15, 0.2) is 29.4 Å². The molecule has 1 aromatic heterocycles. The molecule has 3 rings (SSSR count). The summed E-state index contributed by atoms with van der Waals surface area (Å²) in [6, 6.07) is 5.46. The van der Waals surface area contributed by atoms with Crippen LogP contribution in [0.4, 0.5) is 4.39 Å². The molecule has 6 heteroatoms. The lowest BCUT2D eigenvalue weighted by Gasteiger charge is -2.27. The van der Waals surface area contributed by atoms with Crippen LogP contribution in [0.25, 0.3) is 10.9 Å². The predicted octanol–water partition coefficient (Wildman–Crippen LogP) is 2.89. The van der Waals surface area contributed by atoms with Crippen LogP contribution in [0.3, 0.4) is 0 Å². The van der Waals surface area contributed by atoms with Gasteiger partial charge >= 0.3 is 0 Å². The summed E-state index contributed by atoms with van der Waals surface area (Å²) in [5, 5.41) is 7.93. The Kier molecular flexibility index (Phi) is 6.50. The number of hydrogen-bond acceptors (Lipinski definition) is 2. The number of nitrogens with one attached hydrogen (secondary N) is 3. The lowest BCUT2D eigenvalue weighted by atomic mass is 10.1. The van der Waals surface area contributed by atoms with Gasteiger partial charge in [0.15, 0.2) is 5.96 Å². The molecule has 142 valence electrons. The summed E-state index contributed by atoms with van der Waals surface area (Å²) in [6.45, 7) is 6.38. The molecule has 1 aliphatic rings. The number of halogens is 1. The number of likely N-dealkylation sites (tertiary alicyclic amines) is 1. The Bertz CT molecular complexity index is 733. The zero-order valence-corrected chi connectivity index (χ0v) is 15.8. The third-order valence-electron chi connectivity index (χ3n) is 5.27. The van der Waals surface area contributed by atoms with Crippen LogP contribution >= 0.6 is 0 Å². The molecule has 0 amide bonds. The molecule has 0 spiro atoms. The summed E-state index contributed by atoms with van der Waals surface area (Å²) in [5.74, 6) is 0.630. The lowest BCUT2D eigenvalue weighted by molar-refractivity contribution is 0.236. The first-order valence-electron chi connectivity index (χ1n) is 9.65. The van der Waals surface area contributed by atoms with E-state index in [1.54, 1.807) is 7.05 Å². The van der Waals surface area contributed by atoms with Crippen LogP contribution in [0, 0.1) is 5.82 Å². The molecule has 0 radical (unpaired) electrons. The van der Waals surface area contributed by atoms with Crippen molar-refractivity contribution in [1.82, 2.24) is 20.5 Å². The summed E-state index contributed by atoms with van der Waals surface area (Å²) >= 11 is 0. The zero-order valence-electron chi connectivity index (χ0n) is 15.8. The van der Waals surface area contributed by atoms with Crippen molar-refractivity contribution in [1.29, 1.82) is 0 Å². The molecule has 0 saturated carbocycles. The molecule has 3 N–H and O–H groups in total. The SMILES string of the molecule is CCC(CNC(=NC)NCCc1c[nH]c2cc(F)ccc12)N1CCCC1. The van der Waals surface area contributed by atoms with E-state index in [2.05, 4.69) is 32.4 Å². The Balaban J connectivity index is 1.47. The van der Waals surface area contributed by atoms with E-state index in [0.717, 1.165) is 42.8 Å². The molecule has 1 aromatic carbocycles. The van der Waals surface area contributed by atoms with E-state index >= 15 is 0 Å². The summed E-state index contributed by atoms with van der Waals surface area (Å²) in [4.78, 5) is 10.0. The molecule has 1 unspecified atom stereocenters. The first kappa shape index (κ1) is 18.7. The average molecular weight is 359 g/mol. The van der Waals surface area contributed by atoms with E-state index < -0.39 is 0 Å². The molecular formula is C20H30FN5. The quantitative estimate of drug-likeness (QED) is 0.526. The van der Waals surface area contributed by atoms with Crippen molar-refractivity contribution in [2.45, 2.75) is 38.6 Å². The second-order valence-corrected chi connectivity index (χ2v) is 6.94. The van der Waals surface area contributed by atoms with Gasteiger partial charge in [-0.2, -0.15) is 0 Å². The van der Waals surface area contributed by atoms with E-state index in [4.69, 9.17) is 0 Å². The maximum absolute atomic E-state index is 13.3. The van der Waals surface area contributed by atoms with Gasteiger partial charge in [-0.15, -0.1) is 0 Å². The molecule has 5 nitrogen and oxygen atoms in total. The van der Waals surface area contributed by atoms with Crippen molar-refractivity contribution in [2.75, 3.05) is 33.2 Å². The highest BCUT2D eigenvalue weighted by Crippen LogP contribution is 2.19. The first-order valence-corrected chi connectivity index (χ1v) is 9.65. The highest BCUT2D eigenvalue weighted by molar-refractivity contribution is 5.83. The van der Waals surface area contributed by atoms with Crippen molar-refractivity contribution in [3.63, 3.8) is 0 Å². The third kappa shape index (κ3) is 4.55. The number of rotatable bonds is 7. The number of aliphatic imine (C=N–C) groups is 1. The fraction of sp³-hybridized carbons (Fsp3) is 0.550. The van der Waals surface area contributed by atoms with Crippen molar-refractivity contribution in [2.24, 2.45) is 4.99 Å². The van der Waals surface area contributed by atoms with Gasteiger partial charge in [-0.05, 0) is 62.5 Å². The minimum absolute atomic E-state index is 0.211. The largest absolute Gasteiger partial charge is 0.361 e. The van der Waals surface area contributed by atoms with E-state index in [1.807, 2.05) is 12.3 Å². The topological polar surface area (TPSA) is 55.5 Å². The molecule has 0 bridgehead atoms. The van der Waals surface area contributed by atoms with Gasteiger partial charge in [-0.3, -0.25) is 9.89 Å². The van der Waals surface area contributed by atoms with Gasteiger partial charge in [0.2, 0.25) is 0 Å². The fourth-order valence-corrected chi connectivity index (χ4v) is 3.75. The van der Waals surface area contributed by atoms with Crippen LogP contribution in [-0.2, 0) is 6.42 Å². The van der Waals surface area contributed by atoms with Crippen LogP contribution in [-0.4, -0.2) is 55.1 Å². The number of nitrogens with zero attached hydrogens (tertiary/aromatic N) is 2. The molecule has 1 atom stereocenters. The van der Waals surface area contributed by atoms with Gasteiger partial charge in [-0.25, -0.2) is 4.39 Å². The highest BCUT2D eigenvalue weighted by atomic mass is 19.1. The smallest absolute Gasteiger partial charge is 0.191 e. The van der Waals surface area contributed by atoms with Crippen LogP contribution in [0.1, 0.15) is 31.7 Å². The average Bonchev–Trinajstić information content (AvgIpc) is 3.31. The number of aromatic nitrogens is 1. The number of hydrogen-bond donors (Lipinski definition) is 3. The Labute approximate surface area is 155 Å². The second kappa shape index (κ2) is 9.03. The maximum atomic E-state index is 13.3. The van der Waals surface area contributed by atoms with Gasteiger partial charge in [0, 0.05) is 43.3 Å². The molecule has 0 aliphatic carbocycles. The number of fused-ring (bicyclic) bond motifs is 1. The van der Waals surface area contributed by atoms with Crippen molar-refractivity contribution in [3.8, 4) is 0 Å².